The van der Waals surface area contributed by atoms with Gasteiger partial charge in [-0.2, -0.15) is 37.9 Å². The number of hydrogen-bond acceptors (Lipinski definition) is 8. The number of aliphatic hydroxyl groups excluding tert-OH is 2. The predicted octanol–water partition coefficient (Wildman–Crippen LogP) is -0.637. The third-order valence-electron chi connectivity index (χ3n) is 0.696. The lowest BCUT2D eigenvalue weighted by molar-refractivity contribution is -0.137. The summed E-state index contributed by atoms with van der Waals surface area (Å²) in [6.07, 6.45) is 0.156. The highest BCUT2D eigenvalue weighted by molar-refractivity contribution is 7.81. The molecule has 0 aliphatic carbocycles. The van der Waals surface area contributed by atoms with Crippen LogP contribution in [0.1, 0.15) is 6.42 Å². The van der Waals surface area contributed by atoms with E-state index in [-0.39, 0.29) is 31.1 Å². The maximum Gasteiger partial charge on any atom is 0.313 e. The van der Waals surface area contributed by atoms with Gasteiger partial charge in [-0.05, 0) is 0 Å². The number of rotatable bonds is 5. The van der Waals surface area contributed by atoms with Crippen LogP contribution in [0.25, 0.3) is 0 Å². The number of carboxylic acid groups (broad SMARTS) is 3. The molecular formula is C9H20O8S3. The molecule has 0 unspecified atom stereocenters. The lowest BCUT2D eigenvalue weighted by Crippen LogP contribution is -1.93. The van der Waals surface area contributed by atoms with Crippen molar-refractivity contribution in [2.24, 2.45) is 0 Å². The number of carbonyl (C=O) groups is 3. The molecular weight excluding hydrogens is 332 g/mol. The van der Waals surface area contributed by atoms with Crippen molar-refractivity contribution < 1.29 is 39.9 Å². The summed E-state index contributed by atoms with van der Waals surface area (Å²) in [4.78, 5) is 28.1. The lowest BCUT2D eigenvalue weighted by Gasteiger charge is -1.79. The van der Waals surface area contributed by atoms with Gasteiger partial charge >= 0.3 is 17.9 Å². The average molecular weight is 352 g/mol. The van der Waals surface area contributed by atoms with E-state index in [4.69, 9.17) is 25.5 Å². The van der Waals surface area contributed by atoms with Crippen LogP contribution in [0.15, 0.2) is 0 Å². The van der Waals surface area contributed by atoms with Crippen molar-refractivity contribution in [1.82, 2.24) is 0 Å². The van der Waals surface area contributed by atoms with Gasteiger partial charge in [0.05, 0.1) is 31.1 Å². The second-order valence-electron chi connectivity index (χ2n) is 2.42. The molecule has 0 aliphatic heterocycles. The van der Waals surface area contributed by atoms with Crippen LogP contribution in [0.4, 0.5) is 0 Å². The first-order valence-corrected chi connectivity index (χ1v) is 6.82. The third kappa shape index (κ3) is 85.6. The van der Waals surface area contributed by atoms with Crippen LogP contribution in [0.5, 0.6) is 0 Å². The first kappa shape index (κ1) is 27.7. The molecule has 20 heavy (non-hydrogen) atoms. The fraction of sp³-hybridized carbons (Fsp3) is 0.667. The molecule has 0 bridgehead atoms. The Hall–Kier alpha value is -0.620. The van der Waals surface area contributed by atoms with Crippen LogP contribution >= 0.6 is 37.9 Å². The van der Waals surface area contributed by atoms with E-state index in [1.165, 1.54) is 0 Å². The first-order valence-electron chi connectivity index (χ1n) is 4.92. The zero-order chi connectivity index (χ0) is 17.0. The topological polar surface area (TPSA) is 152 Å². The van der Waals surface area contributed by atoms with Crippen molar-refractivity contribution in [2.45, 2.75) is 6.42 Å². The molecule has 0 saturated carbocycles. The van der Waals surface area contributed by atoms with Crippen LogP contribution in [0.3, 0.4) is 0 Å². The van der Waals surface area contributed by atoms with Crippen LogP contribution in [0, 0.1) is 0 Å². The standard InChI is InChI=1S/C3H6O2S.2C2H4O2S.C2H6O2/c4-3(5)1-2-6;2*3-2(4)1-5;3-1-2-4/h6H,1-2H2,(H,4,5);2*5H,1H2,(H,3,4);3-4H,1-2H2. The molecule has 8 nitrogen and oxygen atoms in total. The van der Waals surface area contributed by atoms with E-state index in [0.717, 1.165) is 0 Å². The summed E-state index contributed by atoms with van der Waals surface area (Å²) in [5.74, 6) is -2.29. The summed E-state index contributed by atoms with van der Waals surface area (Å²) in [6, 6.07) is 0. The highest BCUT2D eigenvalue weighted by atomic mass is 32.1. The zero-order valence-electron chi connectivity index (χ0n) is 10.5. The van der Waals surface area contributed by atoms with E-state index in [2.05, 4.69) is 37.9 Å². The third-order valence-corrected chi connectivity index (χ3v) is 1.46. The molecule has 5 N–H and O–H groups in total. The second-order valence-corrected chi connectivity index (χ2v) is 3.50. The van der Waals surface area contributed by atoms with E-state index in [1.807, 2.05) is 0 Å². The minimum Gasteiger partial charge on any atom is -0.481 e. The molecule has 0 atom stereocenters. The van der Waals surface area contributed by atoms with Crippen molar-refractivity contribution in [3.63, 3.8) is 0 Å². The van der Waals surface area contributed by atoms with Gasteiger partial charge in [-0.3, -0.25) is 14.4 Å². The summed E-state index contributed by atoms with van der Waals surface area (Å²) in [5, 5.41) is 38.4. The van der Waals surface area contributed by atoms with Gasteiger partial charge in [-0.25, -0.2) is 0 Å². The van der Waals surface area contributed by atoms with Gasteiger partial charge in [0.1, 0.15) is 0 Å². The Morgan fingerprint density at radius 2 is 0.950 bits per heavy atom. The summed E-state index contributed by atoms with van der Waals surface area (Å²) < 4.78 is 0. The van der Waals surface area contributed by atoms with E-state index in [9.17, 15) is 14.4 Å². The number of aliphatic hydroxyl groups is 2. The largest absolute Gasteiger partial charge is 0.481 e. The maximum atomic E-state index is 9.55. The maximum absolute atomic E-state index is 9.55. The van der Waals surface area contributed by atoms with Gasteiger partial charge in [-0.1, -0.05) is 0 Å². The van der Waals surface area contributed by atoms with Crippen molar-refractivity contribution in [1.29, 1.82) is 0 Å². The predicted molar refractivity (Wildman–Crippen MR) is 83.3 cm³/mol. The Morgan fingerprint density at radius 1 is 0.700 bits per heavy atom. The number of carboxylic acids is 3. The van der Waals surface area contributed by atoms with Crippen molar-refractivity contribution >= 4 is 55.8 Å². The highest BCUT2D eigenvalue weighted by Crippen LogP contribution is 1.79. The highest BCUT2D eigenvalue weighted by Gasteiger charge is 1.88. The normalized spacial score (nSPS) is 7.65. The molecule has 0 spiro atoms. The molecule has 0 aromatic carbocycles. The Balaban J connectivity index is -0.0000000862. The van der Waals surface area contributed by atoms with E-state index in [1.54, 1.807) is 0 Å². The minimum atomic E-state index is -0.881. The smallest absolute Gasteiger partial charge is 0.313 e. The Kier molecular flexibility index (Phi) is 37.2. The fourth-order valence-electron chi connectivity index (χ4n) is 0.0956. The van der Waals surface area contributed by atoms with Crippen molar-refractivity contribution in [3.8, 4) is 0 Å². The molecule has 0 radical (unpaired) electrons. The van der Waals surface area contributed by atoms with Crippen LogP contribution in [-0.4, -0.2) is 73.9 Å². The van der Waals surface area contributed by atoms with E-state index >= 15 is 0 Å². The van der Waals surface area contributed by atoms with Gasteiger partial charge in [-0.15, -0.1) is 0 Å². The van der Waals surface area contributed by atoms with Crippen molar-refractivity contribution in [3.05, 3.63) is 0 Å². The zero-order valence-corrected chi connectivity index (χ0v) is 13.2. The SMILES string of the molecule is O=C(O)CCS.O=C(O)CS.O=C(O)CS.OCCO. The van der Waals surface area contributed by atoms with E-state index < -0.39 is 17.9 Å². The van der Waals surface area contributed by atoms with Crippen LogP contribution in [0.2, 0.25) is 0 Å². The number of hydrogen-bond donors (Lipinski definition) is 8. The molecule has 0 aromatic heterocycles. The summed E-state index contributed by atoms with van der Waals surface area (Å²) >= 11 is 10.5. The monoisotopic (exact) mass is 352 g/mol. The Bertz CT molecular complexity index is 221. The summed E-state index contributed by atoms with van der Waals surface area (Å²) in [5.41, 5.74) is 0. The minimum absolute atomic E-state index is 0.0833. The molecule has 11 heteroatoms. The van der Waals surface area contributed by atoms with E-state index in [0.29, 0.717) is 5.75 Å². The Labute approximate surface area is 133 Å². The first-order chi connectivity index (χ1) is 9.22. The fourth-order valence-corrected chi connectivity index (χ4v) is 0.287. The molecule has 0 amide bonds. The number of aliphatic carboxylic acids is 3. The van der Waals surface area contributed by atoms with Gasteiger partial charge in [0.25, 0.3) is 0 Å². The summed E-state index contributed by atoms with van der Waals surface area (Å²) in [7, 11) is 0. The van der Waals surface area contributed by atoms with Crippen LogP contribution < -0.4 is 0 Å². The van der Waals surface area contributed by atoms with Gasteiger partial charge in [0.2, 0.25) is 0 Å². The summed E-state index contributed by atoms with van der Waals surface area (Å²) in [6.45, 7) is -0.250. The van der Waals surface area contributed by atoms with Gasteiger partial charge < -0.3 is 25.5 Å². The lowest BCUT2D eigenvalue weighted by atomic mass is 10.5. The molecule has 0 aromatic rings. The second kappa shape index (κ2) is 26.8. The van der Waals surface area contributed by atoms with Gasteiger partial charge in [0.15, 0.2) is 0 Å². The Morgan fingerprint density at radius 3 is 0.950 bits per heavy atom. The van der Waals surface area contributed by atoms with Crippen molar-refractivity contribution in [2.75, 3.05) is 30.5 Å². The molecule has 0 fully saturated rings. The molecule has 0 rings (SSSR count). The number of thiol groups is 3. The van der Waals surface area contributed by atoms with Gasteiger partial charge in [0, 0.05) is 5.75 Å². The average Bonchev–Trinajstić information content (AvgIpc) is 2.40. The molecule has 0 heterocycles. The molecule has 122 valence electrons. The van der Waals surface area contributed by atoms with Crippen LogP contribution in [-0.2, 0) is 14.4 Å². The quantitative estimate of drug-likeness (QED) is 0.304. The molecule has 0 saturated heterocycles. The molecule has 0 aliphatic rings.